The van der Waals surface area contributed by atoms with Gasteiger partial charge in [0.2, 0.25) is 0 Å². The lowest BCUT2D eigenvalue weighted by Gasteiger charge is -2.27. The molecule has 1 aliphatic rings. The van der Waals surface area contributed by atoms with Crippen LogP contribution in [-0.4, -0.2) is 12.7 Å². The lowest BCUT2D eigenvalue weighted by atomic mass is 9.94. The Hall–Kier alpha value is -2.00. The highest BCUT2D eigenvalue weighted by Gasteiger charge is 2.42. The predicted molar refractivity (Wildman–Crippen MR) is 58.2 cm³/mol. The third kappa shape index (κ3) is 3.25. The van der Waals surface area contributed by atoms with Crippen LogP contribution in [0, 0.1) is 5.82 Å². The molecule has 22 heavy (non-hydrogen) atoms. The molecule has 1 aromatic carbocycles. The van der Waals surface area contributed by atoms with Crippen LogP contribution in [0.5, 0.6) is 0 Å². The van der Waals surface area contributed by atoms with Crippen molar-refractivity contribution in [1.29, 1.82) is 0 Å². The SMILES string of the molecule is O=C1N[C@@H](c2c(F)cc(C(F)(F)F)cc2C(F)(F)F)CCO1. The van der Waals surface area contributed by atoms with Gasteiger partial charge in [0.1, 0.15) is 5.82 Å². The lowest BCUT2D eigenvalue weighted by Crippen LogP contribution is -2.37. The van der Waals surface area contributed by atoms with E-state index in [9.17, 15) is 35.5 Å². The summed E-state index contributed by atoms with van der Waals surface area (Å²) < 4.78 is 94.9. The fourth-order valence-electron chi connectivity index (χ4n) is 2.11. The van der Waals surface area contributed by atoms with E-state index in [0.29, 0.717) is 0 Å². The quantitative estimate of drug-likeness (QED) is 0.789. The van der Waals surface area contributed by atoms with E-state index in [1.54, 1.807) is 0 Å². The summed E-state index contributed by atoms with van der Waals surface area (Å²) in [5, 5.41) is 1.96. The summed E-state index contributed by atoms with van der Waals surface area (Å²) in [4.78, 5) is 11.0. The Morgan fingerprint density at radius 3 is 2.23 bits per heavy atom. The van der Waals surface area contributed by atoms with Gasteiger partial charge in [-0.15, -0.1) is 0 Å². The number of carbonyl (C=O) groups is 1. The Morgan fingerprint density at radius 1 is 1.09 bits per heavy atom. The summed E-state index contributed by atoms with van der Waals surface area (Å²) in [7, 11) is 0. The topological polar surface area (TPSA) is 38.3 Å². The maximum Gasteiger partial charge on any atom is 0.416 e. The normalized spacial score (nSPS) is 19.6. The average molecular weight is 331 g/mol. The molecule has 1 aliphatic heterocycles. The standard InChI is InChI=1S/C12H8F7NO2/c13-7-4-5(11(14,15)16)3-6(12(17,18)19)9(7)8-1-2-22-10(21)20-8/h3-4,8H,1-2H2,(H,20,21)/t8-/m1/s1. The number of alkyl halides is 6. The number of alkyl carbamates (subject to hydrolysis) is 1. The van der Waals surface area contributed by atoms with E-state index in [-0.39, 0.29) is 25.2 Å². The van der Waals surface area contributed by atoms with Crippen LogP contribution in [-0.2, 0) is 17.1 Å². The van der Waals surface area contributed by atoms with Gasteiger partial charge in [0, 0.05) is 12.0 Å². The number of hydrogen-bond donors (Lipinski definition) is 1. The van der Waals surface area contributed by atoms with Gasteiger partial charge in [-0.2, -0.15) is 26.3 Å². The zero-order valence-electron chi connectivity index (χ0n) is 10.6. The molecule has 0 radical (unpaired) electrons. The van der Waals surface area contributed by atoms with Gasteiger partial charge in [0.15, 0.2) is 0 Å². The molecule has 1 aromatic rings. The fourth-order valence-corrected chi connectivity index (χ4v) is 2.11. The van der Waals surface area contributed by atoms with Crippen molar-refractivity contribution in [2.24, 2.45) is 0 Å². The van der Waals surface area contributed by atoms with E-state index in [1.165, 1.54) is 0 Å². The van der Waals surface area contributed by atoms with Crippen molar-refractivity contribution in [3.05, 3.63) is 34.6 Å². The number of rotatable bonds is 1. The number of nitrogens with one attached hydrogen (secondary N) is 1. The summed E-state index contributed by atoms with van der Waals surface area (Å²) in [6, 6.07) is -1.60. The van der Waals surface area contributed by atoms with Crippen molar-refractivity contribution in [1.82, 2.24) is 5.32 Å². The molecule has 3 nitrogen and oxygen atoms in total. The van der Waals surface area contributed by atoms with E-state index < -0.39 is 47.0 Å². The van der Waals surface area contributed by atoms with Crippen LogP contribution in [0.25, 0.3) is 0 Å². The molecule has 10 heteroatoms. The molecule has 0 aromatic heterocycles. The minimum Gasteiger partial charge on any atom is -0.449 e. The van der Waals surface area contributed by atoms with E-state index in [4.69, 9.17) is 0 Å². The van der Waals surface area contributed by atoms with Crippen LogP contribution in [0.3, 0.4) is 0 Å². The second kappa shape index (κ2) is 5.33. The van der Waals surface area contributed by atoms with Crippen LogP contribution in [0.2, 0.25) is 0 Å². The molecule has 122 valence electrons. The van der Waals surface area contributed by atoms with Crippen molar-refractivity contribution in [2.45, 2.75) is 24.8 Å². The summed E-state index contributed by atoms with van der Waals surface area (Å²) in [6.07, 6.45) is -11.6. The molecule has 1 N–H and O–H groups in total. The van der Waals surface area contributed by atoms with Crippen LogP contribution >= 0.6 is 0 Å². The third-order valence-electron chi connectivity index (χ3n) is 3.04. The lowest BCUT2D eigenvalue weighted by molar-refractivity contribution is -0.144. The highest BCUT2D eigenvalue weighted by Crippen LogP contribution is 2.41. The van der Waals surface area contributed by atoms with Gasteiger partial charge in [-0.1, -0.05) is 0 Å². The van der Waals surface area contributed by atoms with Gasteiger partial charge in [-0.05, 0) is 12.1 Å². The minimum absolute atomic E-state index is 0.0216. The molecule has 2 rings (SSSR count). The molecule has 0 saturated carbocycles. The second-order valence-electron chi connectivity index (χ2n) is 4.54. The molecule has 1 fully saturated rings. The summed E-state index contributed by atoms with van der Waals surface area (Å²) in [5.74, 6) is -1.69. The summed E-state index contributed by atoms with van der Waals surface area (Å²) >= 11 is 0. The van der Waals surface area contributed by atoms with Gasteiger partial charge in [-0.3, -0.25) is 0 Å². The number of carbonyl (C=O) groups excluding carboxylic acids is 1. The zero-order chi connectivity index (χ0) is 16.7. The molecule has 1 saturated heterocycles. The van der Waals surface area contributed by atoms with E-state index in [1.807, 2.05) is 5.32 Å². The van der Waals surface area contributed by atoms with Crippen molar-refractivity contribution in [2.75, 3.05) is 6.61 Å². The van der Waals surface area contributed by atoms with Crippen LogP contribution < -0.4 is 5.32 Å². The maximum atomic E-state index is 13.9. The van der Waals surface area contributed by atoms with Gasteiger partial charge >= 0.3 is 18.4 Å². The number of amides is 1. The highest BCUT2D eigenvalue weighted by molar-refractivity contribution is 5.68. The van der Waals surface area contributed by atoms with Crippen molar-refractivity contribution in [3.63, 3.8) is 0 Å². The third-order valence-corrected chi connectivity index (χ3v) is 3.04. The molecule has 1 amide bonds. The molecule has 1 atom stereocenters. The minimum atomic E-state index is -5.21. The first-order valence-corrected chi connectivity index (χ1v) is 5.91. The Balaban J connectivity index is 2.59. The Bertz CT molecular complexity index is 594. The summed E-state index contributed by atoms with van der Waals surface area (Å²) in [6.45, 7) is -0.270. The first-order chi connectivity index (χ1) is 10.00. The summed E-state index contributed by atoms with van der Waals surface area (Å²) in [5.41, 5.74) is -4.55. The van der Waals surface area contributed by atoms with Gasteiger partial charge in [0.05, 0.1) is 23.8 Å². The van der Waals surface area contributed by atoms with E-state index >= 15 is 0 Å². The number of ether oxygens (including phenoxy) is 1. The number of halogens is 7. The van der Waals surface area contributed by atoms with Crippen LogP contribution in [0.15, 0.2) is 12.1 Å². The van der Waals surface area contributed by atoms with Crippen molar-refractivity contribution in [3.8, 4) is 0 Å². The number of benzene rings is 1. The predicted octanol–water partition coefficient (Wildman–Crippen LogP) is 4.03. The van der Waals surface area contributed by atoms with Gasteiger partial charge in [0.25, 0.3) is 0 Å². The smallest absolute Gasteiger partial charge is 0.416 e. The number of hydrogen-bond acceptors (Lipinski definition) is 2. The first-order valence-electron chi connectivity index (χ1n) is 5.91. The molecule has 0 aliphatic carbocycles. The zero-order valence-corrected chi connectivity index (χ0v) is 10.6. The van der Waals surface area contributed by atoms with Crippen molar-refractivity contribution >= 4 is 6.09 Å². The van der Waals surface area contributed by atoms with Crippen LogP contribution in [0.4, 0.5) is 35.5 Å². The van der Waals surface area contributed by atoms with Crippen LogP contribution in [0.1, 0.15) is 29.2 Å². The average Bonchev–Trinajstić information content (AvgIpc) is 2.35. The molecular formula is C12H8F7NO2. The molecule has 0 spiro atoms. The first kappa shape index (κ1) is 16.4. The maximum absolute atomic E-state index is 13.9. The Morgan fingerprint density at radius 2 is 1.73 bits per heavy atom. The molecule has 1 heterocycles. The monoisotopic (exact) mass is 331 g/mol. The van der Waals surface area contributed by atoms with E-state index in [0.717, 1.165) is 0 Å². The molecular weight excluding hydrogens is 323 g/mol. The van der Waals surface area contributed by atoms with E-state index in [2.05, 4.69) is 4.74 Å². The van der Waals surface area contributed by atoms with Gasteiger partial charge < -0.3 is 10.1 Å². The molecule has 0 bridgehead atoms. The fraction of sp³-hybridized carbons (Fsp3) is 0.417. The van der Waals surface area contributed by atoms with Gasteiger partial charge in [-0.25, -0.2) is 9.18 Å². The number of cyclic esters (lactones) is 1. The Kier molecular flexibility index (Phi) is 3.96. The molecule has 0 unspecified atom stereocenters. The largest absolute Gasteiger partial charge is 0.449 e. The Labute approximate surface area is 119 Å². The van der Waals surface area contributed by atoms with Crippen molar-refractivity contribution < 1.29 is 40.3 Å². The highest BCUT2D eigenvalue weighted by atomic mass is 19.4. The second-order valence-corrected chi connectivity index (χ2v) is 4.54.